The Morgan fingerprint density at radius 3 is 2.56 bits per heavy atom. The molecule has 8 heteroatoms. The standard InChI is InChI=1S/C19H14N2O2.C9H15N3O/c22-11-13-3-5-15-17(9-13)19-16-8-12(10-21-7-1-6-20-21)2-4-14(16)18(15)23-19;1-6-7(5-11-2)8(13-3)4-9(10)12-6/h1-9,11,18-19H,10H2;4,11H,5H2,1-3H3,(H2,10,12). The lowest BCUT2D eigenvalue weighted by molar-refractivity contribution is 0.0857. The molecule has 4 heterocycles. The smallest absolute Gasteiger partial charge is 0.150 e. The molecule has 2 aromatic heterocycles. The van der Waals surface area contributed by atoms with Gasteiger partial charge in [-0.3, -0.25) is 9.48 Å². The highest BCUT2D eigenvalue weighted by Gasteiger charge is 2.42. The number of hydrogen-bond donors (Lipinski definition) is 2. The summed E-state index contributed by atoms with van der Waals surface area (Å²) in [5.41, 5.74) is 14.2. The third-order valence-corrected chi connectivity index (χ3v) is 6.59. The van der Waals surface area contributed by atoms with Crippen molar-refractivity contribution in [2.45, 2.75) is 32.2 Å². The molecule has 0 amide bonds. The topological polar surface area (TPSA) is 104 Å². The van der Waals surface area contributed by atoms with Crippen molar-refractivity contribution in [2.75, 3.05) is 19.9 Å². The summed E-state index contributed by atoms with van der Waals surface area (Å²) in [4.78, 5) is 15.2. The molecule has 2 bridgehead atoms. The highest BCUT2D eigenvalue weighted by atomic mass is 16.5. The van der Waals surface area contributed by atoms with Crippen molar-refractivity contribution in [2.24, 2.45) is 0 Å². The van der Waals surface area contributed by atoms with E-state index in [2.05, 4.69) is 33.6 Å². The van der Waals surface area contributed by atoms with Crippen LogP contribution in [0.2, 0.25) is 0 Å². The first kappa shape index (κ1) is 23.7. The van der Waals surface area contributed by atoms with Gasteiger partial charge in [-0.05, 0) is 53.9 Å². The number of anilines is 1. The van der Waals surface area contributed by atoms with E-state index >= 15 is 0 Å². The average Bonchev–Trinajstić information content (AvgIpc) is 3.62. The molecule has 36 heavy (non-hydrogen) atoms. The van der Waals surface area contributed by atoms with Crippen LogP contribution in [0.15, 0.2) is 60.9 Å². The van der Waals surface area contributed by atoms with E-state index in [4.69, 9.17) is 15.2 Å². The van der Waals surface area contributed by atoms with Gasteiger partial charge in [-0.25, -0.2) is 4.98 Å². The van der Waals surface area contributed by atoms with Gasteiger partial charge in [0, 0.05) is 41.8 Å². The van der Waals surface area contributed by atoms with E-state index < -0.39 is 0 Å². The summed E-state index contributed by atoms with van der Waals surface area (Å²) in [6.07, 6.45) is 4.59. The molecule has 3 N–H and O–H groups in total. The summed E-state index contributed by atoms with van der Waals surface area (Å²) < 4.78 is 13.3. The molecule has 2 aliphatic heterocycles. The normalized spacial score (nSPS) is 16.6. The number of carbonyl (C=O) groups is 1. The van der Waals surface area contributed by atoms with Crippen LogP contribution in [0.3, 0.4) is 0 Å². The van der Waals surface area contributed by atoms with Crippen LogP contribution < -0.4 is 15.8 Å². The van der Waals surface area contributed by atoms with Crippen molar-refractivity contribution >= 4 is 12.1 Å². The van der Waals surface area contributed by atoms with E-state index in [0.717, 1.165) is 41.9 Å². The van der Waals surface area contributed by atoms with Crippen molar-refractivity contribution in [1.29, 1.82) is 0 Å². The van der Waals surface area contributed by atoms with Gasteiger partial charge in [0.05, 0.1) is 13.7 Å². The predicted octanol–water partition coefficient (Wildman–Crippen LogP) is 3.97. The second kappa shape index (κ2) is 9.93. The van der Waals surface area contributed by atoms with E-state index in [1.807, 2.05) is 49.1 Å². The van der Waals surface area contributed by atoms with Crippen LogP contribution in [0.5, 0.6) is 5.75 Å². The minimum atomic E-state index is -0.0533. The molecule has 0 saturated carbocycles. The number of methoxy groups -OCH3 is 1. The fraction of sp³-hybridized carbons (Fsp3) is 0.250. The second-order valence-corrected chi connectivity index (χ2v) is 8.91. The van der Waals surface area contributed by atoms with Crippen molar-refractivity contribution in [1.82, 2.24) is 20.1 Å². The fourth-order valence-electron chi connectivity index (χ4n) is 4.93. The molecular formula is C28H29N5O3. The molecule has 2 aromatic carbocycles. The molecule has 6 rings (SSSR count). The van der Waals surface area contributed by atoms with Gasteiger partial charge in [0.15, 0.2) is 0 Å². The number of nitrogen functional groups attached to an aromatic ring is 1. The number of nitrogens with one attached hydrogen (secondary N) is 1. The van der Waals surface area contributed by atoms with Crippen LogP contribution in [0.1, 0.15) is 61.6 Å². The molecule has 0 spiro atoms. The Balaban J connectivity index is 0.000000176. The van der Waals surface area contributed by atoms with E-state index in [1.165, 1.54) is 22.3 Å². The highest BCUT2D eigenvalue weighted by Crippen LogP contribution is 2.54. The molecular weight excluding hydrogens is 454 g/mol. The van der Waals surface area contributed by atoms with Gasteiger partial charge < -0.3 is 20.5 Å². The Bertz CT molecular complexity index is 1400. The van der Waals surface area contributed by atoms with E-state index in [0.29, 0.717) is 11.4 Å². The lowest BCUT2D eigenvalue weighted by Crippen LogP contribution is -2.10. The Morgan fingerprint density at radius 2 is 1.86 bits per heavy atom. The molecule has 184 valence electrons. The van der Waals surface area contributed by atoms with Crippen molar-refractivity contribution < 1.29 is 14.3 Å². The first-order valence-corrected chi connectivity index (χ1v) is 11.8. The molecule has 0 fully saturated rings. The summed E-state index contributed by atoms with van der Waals surface area (Å²) in [5.74, 6) is 1.29. The summed E-state index contributed by atoms with van der Waals surface area (Å²) in [6, 6.07) is 16.0. The minimum Gasteiger partial charge on any atom is -0.496 e. The summed E-state index contributed by atoms with van der Waals surface area (Å²) in [6.45, 7) is 3.41. The number of aromatic nitrogens is 3. The number of fused-ring (bicyclic) bond motifs is 8. The maximum Gasteiger partial charge on any atom is 0.150 e. The highest BCUT2D eigenvalue weighted by molar-refractivity contribution is 5.76. The van der Waals surface area contributed by atoms with Crippen molar-refractivity contribution in [3.63, 3.8) is 0 Å². The Morgan fingerprint density at radius 1 is 1.11 bits per heavy atom. The molecule has 0 saturated heterocycles. The number of benzene rings is 2. The van der Waals surface area contributed by atoms with Crippen molar-refractivity contribution in [3.8, 4) is 5.75 Å². The molecule has 8 nitrogen and oxygen atoms in total. The number of nitrogens with two attached hydrogens (primary N) is 1. The van der Waals surface area contributed by atoms with E-state index in [1.54, 1.807) is 19.4 Å². The second-order valence-electron chi connectivity index (χ2n) is 8.91. The number of carbonyl (C=O) groups excluding carboxylic acids is 1. The maximum atomic E-state index is 11.0. The van der Waals surface area contributed by atoms with E-state index in [9.17, 15) is 4.79 Å². The van der Waals surface area contributed by atoms with Crippen LogP contribution in [0, 0.1) is 6.92 Å². The van der Waals surface area contributed by atoms with Crippen LogP contribution in [-0.4, -0.2) is 35.2 Å². The Kier molecular flexibility index (Phi) is 6.54. The first-order valence-electron chi connectivity index (χ1n) is 11.8. The number of nitrogens with zero attached hydrogens (tertiary/aromatic N) is 3. The average molecular weight is 484 g/mol. The van der Waals surface area contributed by atoms with Gasteiger partial charge in [0.1, 0.15) is 30.1 Å². The maximum absolute atomic E-state index is 11.0. The van der Waals surface area contributed by atoms with Gasteiger partial charge >= 0.3 is 0 Å². The Hall–Kier alpha value is -4.01. The van der Waals surface area contributed by atoms with Crippen LogP contribution >= 0.6 is 0 Å². The van der Waals surface area contributed by atoms with Crippen molar-refractivity contribution in [3.05, 3.63) is 106 Å². The third kappa shape index (κ3) is 4.36. The molecule has 0 aliphatic carbocycles. The van der Waals surface area contributed by atoms with Crippen LogP contribution in [-0.2, 0) is 17.8 Å². The summed E-state index contributed by atoms with van der Waals surface area (Å²) >= 11 is 0. The third-order valence-electron chi connectivity index (χ3n) is 6.59. The lowest BCUT2D eigenvalue weighted by Gasteiger charge is -2.17. The summed E-state index contributed by atoms with van der Waals surface area (Å²) in [7, 11) is 3.52. The Labute approximate surface area is 210 Å². The zero-order valence-electron chi connectivity index (χ0n) is 20.6. The number of rotatable bonds is 6. The fourth-order valence-corrected chi connectivity index (χ4v) is 4.93. The summed E-state index contributed by atoms with van der Waals surface area (Å²) in [5, 5.41) is 7.32. The number of hydrogen-bond acceptors (Lipinski definition) is 7. The van der Waals surface area contributed by atoms with Gasteiger partial charge in [-0.15, -0.1) is 0 Å². The number of ether oxygens (including phenoxy) is 2. The lowest BCUT2D eigenvalue weighted by atomic mass is 9.84. The van der Waals surface area contributed by atoms with E-state index in [-0.39, 0.29) is 12.2 Å². The minimum absolute atomic E-state index is 0.00413. The molecule has 2 unspecified atom stereocenters. The van der Waals surface area contributed by atoms with Crippen LogP contribution in [0.4, 0.5) is 5.82 Å². The number of pyridine rings is 1. The van der Waals surface area contributed by atoms with Gasteiger partial charge in [-0.2, -0.15) is 5.10 Å². The molecule has 2 atom stereocenters. The number of aldehydes is 1. The number of aryl methyl sites for hydroxylation is 1. The SMILES string of the molecule is CNCc1c(OC)cc(N)nc1C.O=Cc1ccc2c(c1)C1OC2c2ccc(Cn3cccn3)cc21. The molecule has 0 radical (unpaired) electrons. The zero-order chi connectivity index (χ0) is 25.2. The largest absolute Gasteiger partial charge is 0.496 e. The molecule has 4 aromatic rings. The van der Waals surface area contributed by atoms with Gasteiger partial charge in [0.2, 0.25) is 0 Å². The first-order chi connectivity index (χ1) is 17.5. The quantitative estimate of drug-likeness (QED) is 0.400. The predicted molar refractivity (Wildman–Crippen MR) is 137 cm³/mol. The monoisotopic (exact) mass is 483 g/mol. The molecule has 2 aliphatic rings. The zero-order valence-corrected chi connectivity index (χ0v) is 20.6. The van der Waals surface area contributed by atoms with Crippen LogP contribution in [0.25, 0.3) is 0 Å². The van der Waals surface area contributed by atoms with Gasteiger partial charge in [-0.1, -0.05) is 30.3 Å². The van der Waals surface area contributed by atoms with Gasteiger partial charge in [0.25, 0.3) is 0 Å².